The summed E-state index contributed by atoms with van der Waals surface area (Å²) in [4.78, 5) is 12.2. The molecule has 0 saturated carbocycles. The lowest BCUT2D eigenvalue weighted by atomic mass is 10.1. The molecular weight excluding hydrogens is 242 g/mol. The quantitative estimate of drug-likeness (QED) is 0.632. The van der Waals surface area contributed by atoms with Crippen LogP contribution in [0, 0.1) is 0 Å². The number of hydrogen-bond acceptors (Lipinski definition) is 3. The first-order valence-electron chi connectivity index (χ1n) is 6.41. The summed E-state index contributed by atoms with van der Waals surface area (Å²) in [7, 11) is 0. The second-order valence-electron chi connectivity index (χ2n) is 4.78. The van der Waals surface area contributed by atoms with E-state index in [0.717, 1.165) is 23.2 Å². The predicted octanol–water partition coefficient (Wildman–Crippen LogP) is 3.86. The molecule has 0 aliphatic rings. The van der Waals surface area contributed by atoms with Crippen LogP contribution in [-0.2, 0) is 0 Å². The Morgan fingerprint density at radius 1 is 1.33 bits per heavy atom. The number of carbonyl (C=O) groups excluding carboxylic acids is 1. The first-order chi connectivity index (χ1) is 8.68. The van der Waals surface area contributed by atoms with E-state index in [2.05, 4.69) is 31.3 Å². The van der Waals surface area contributed by atoms with Gasteiger partial charge in [-0.2, -0.15) is 0 Å². The number of rotatable bonds is 6. The van der Waals surface area contributed by atoms with E-state index in [1.165, 1.54) is 5.39 Å². The summed E-state index contributed by atoms with van der Waals surface area (Å²) in [5.74, 6) is 0.258. The summed E-state index contributed by atoms with van der Waals surface area (Å²) in [6.45, 7) is 5.15. The number of Topliss-reactive ketones (excluding diaryl/α,β-unsaturated/α-hetero) is 1. The summed E-state index contributed by atoms with van der Waals surface area (Å²) < 4.78 is 1.12. The molecule has 0 fully saturated rings. The standard InChI is InChI=1S/C15H19NOS/c1-11(2)16-9-4-7-14(17)13-6-3-5-12-8-10-18-15(12)13/h3,5-6,8,10-11,16H,4,7,9H2,1-2H3. The Morgan fingerprint density at radius 3 is 2.94 bits per heavy atom. The molecule has 18 heavy (non-hydrogen) atoms. The van der Waals surface area contributed by atoms with E-state index in [9.17, 15) is 4.79 Å². The second-order valence-corrected chi connectivity index (χ2v) is 5.70. The molecule has 1 heterocycles. The van der Waals surface area contributed by atoms with E-state index >= 15 is 0 Å². The largest absolute Gasteiger partial charge is 0.315 e. The smallest absolute Gasteiger partial charge is 0.164 e. The molecule has 0 spiro atoms. The maximum atomic E-state index is 12.2. The highest BCUT2D eigenvalue weighted by Gasteiger charge is 2.10. The van der Waals surface area contributed by atoms with Gasteiger partial charge in [0.25, 0.3) is 0 Å². The number of thiophene rings is 1. The van der Waals surface area contributed by atoms with Gasteiger partial charge in [0.15, 0.2) is 5.78 Å². The molecule has 0 atom stereocenters. The molecule has 3 heteroatoms. The van der Waals surface area contributed by atoms with Crippen molar-refractivity contribution < 1.29 is 4.79 Å². The number of fused-ring (bicyclic) bond motifs is 1. The highest BCUT2D eigenvalue weighted by Crippen LogP contribution is 2.25. The zero-order valence-electron chi connectivity index (χ0n) is 10.9. The molecule has 0 amide bonds. The normalized spacial score (nSPS) is 11.3. The lowest BCUT2D eigenvalue weighted by Crippen LogP contribution is -2.24. The van der Waals surface area contributed by atoms with Crippen LogP contribution in [0.2, 0.25) is 0 Å². The Bertz CT molecular complexity index is 530. The summed E-state index contributed by atoms with van der Waals surface area (Å²) in [6, 6.07) is 8.52. The van der Waals surface area contributed by atoms with Gasteiger partial charge in [-0.25, -0.2) is 0 Å². The molecule has 2 nitrogen and oxygen atoms in total. The van der Waals surface area contributed by atoms with Gasteiger partial charge in [0.2, 0.25) is 0 Å². The van der Waals surface area contributed by atoms with Gasteiger partial charge in [0.05, 0.1) is 0 Å². The fourth-order valence-electron chi connectivity index (χ4n) is 1.99. The highest BCUT2D eigenvalue weighted by atomic mass is 32.1. The third-order valence-corrected chi connectivity index (χ3v) is 3.88. The van der Waals surface area contributed by atoms with Gasteiger partial charge in [-0.3, -0.25) is 4.79 Å². The van der Waals surface area contributed by atoms with Crippen molar-refractivity contribution in [3.8, 4) is 0 Å². The number of carbonyl (C=O) groups is 1. The number of ketones is 1. The van der Waals surface area contributed by atoms with Gasteiger partial charge in [0.1, 0.15) is 0 Å². The van der Waals surface area contributed by atoms with Gasteiger partial charge < -0.3 is 5.32 Å². The first-order valence-corrected chi connectivity index (χ1v) is 7.29. The zero-order valence-corrected chi connectivity index (χ0v) is 11.7. The van der Waals surface area contributed by atoms with Crippen LogP contribution in [0.1, 0.15) is 37.0 Å². The maximum Gasteiger partial charge on any atom is 0.164 e. The first kappa shape index (κ1) is 13.2. The Hall–Kier alpha value is -1.19. The number of hydrogen-bond donors (Lipinski definition) is 1. The number of nitrogens with one attached hydrogen (secondary N) is 1. The van der Waals surface area contributed by atoms with Gasteiger partial charge in [-0.1, -0.05) is 26.0 Å². The molecule has 2 rings (SSSR count). The average molecular weight is 261 g/mol. The zero-order chi connectivity index (χ0) is 13.0. The summed E-state index contributed by atoms with van der Waals surface area (Å²) >= 11 is 1.65. The fourth-order valence-corrected chi connectivity index (χ4v) is 2.92. The van der Waals surface area contributed by atoms with E-state index in [1.807, 2.05) is 17.5 Å². The van der Waals surface area contributed by atoms with E-state index < -0.39 is 0 Å². The lowest BCUT2D eigenvalue weighted by molar-refractivity contribution is 0.0981. The Morgan fingerprint density at radius 2 is 2.17 bits per heavy atom. The van der Waals surface area contributed by atoms with Crippen molar-refractivity contribution in [2.75, 3.05) is 6.54 Å². The molecule has 0 unspecified atom stereocenters. The molecule has 0 saturated heterocycles. The molecule has 2 aromatic rings. The minimum Gasteiger partial charge on any atom is -0.315 e. The topological polar surface area (TPSA) is 29.1 Å². The molecule has 0 aliphatic carbocycles. The van der Waals surface area contributed by atoms with E-state index in [0.29, 0.717) is 12.5 Å². The van der Waals surface area contributed by atoms with Crippen LogP contribution in [0.5, 0.6) is 0 Å². The molecule has 0 bridgehead atoms. The van der Waals surface area contributed by atoms with Crippen molar-refractivity contribution in [1.29, 1.82) is 0 Å². The Labute approximate surface area is 112 Å². The second kappa shape index (κ2) is 6.12. The molecular formula is C15H19NOS. The minimum atomic E-state index is 0.258. The molecule has 0 radical (unpaired) electrons. The Balaban J connectivity index is 1.98. The van der Waals surface area contributed by atoms with Gasteiger partial charge in [-0.05, 0) is 35.9 Å². The Kier molecular flexibility index (Phi) is 4.50. The molecule has 1 aromatic carbocycles. The summed E-state index contributed by atoms with van der Waals surface area (Å²) in [6.07, 6.45) is 1.52. The molecule has 1 N–H and O–H groups in total. The third kappa shape index (κ3) is 3.18. The van der Waals surface area contributed by atoms with Crippen molar-refractivity contribution in [1.82, 2.24) is 5.32 Å². The van der Waals surface area contributed by atoms with Gasteiger partial charge >= 0.3 is 0 Å². The third-order valence-electron chi connectivity index (χ3n) is 2.91. The van der Waals surface area contributed by atoms with Crippen molar-refractivity contribution in [2.24, 2.45) is 0 Å². The van der Waals surface area contributed by atoms with Crippen molar-refractivity contribution >= 4 is 27.2 Å². The fraction of sp³-hybridized carbons (Fsp3) is 0.400. The van der Waals surface area contributed by atoms with Crippen molar-refractivity contribution in [3.05, 3.63) is 35.2 Å². The van der Waals surface area contributed by atoms with Gasteiger partial charge in [0, 0.05) is 22.7 Å². The van der Waals surface area contributed by atoms with E-state index in [1.54, 1.807) is 11.3 Å². The molecule has 1 aromatic heterocycles. The lowest BCUT2D eigenvalue weighted by Gasteiger charge is -2.07. The molecule has 0 aliphatic heterocycles. The SMILES string of the molecule is CC(C)NCCCC(=O)c1cccc2ccsc12. The van der Waals surface area contributed by atoms with Crippen LogP contribution in [0.3, 0.4) is 0 Å². The van der Waals surface area contributed by atoms with Crippen molar-refractivity contribution in [2.45, 2.75) is 32.7 Å². The van der Waals surface area contributed by atoms with E-state index in [4.69, 9.17) is 0 Å². The van der Waals surface area contributed by atoms with Crippen LogP contribution in [0.25, 0.3) is 10.1 Å². The van der Waals surface area contributed by atoms with Gasteiger partial charge in [-0.15, -0.1) is 11.3 Å². The minimum absolute atomic E-state index is 0.258. The summed E-state index contributed by atoms with van der Waals surface area (Å²) in [5, 5.41) is 6.55. The van der Waals surface area contributed by atoms with Crippen LogP contribution in [-0.4, -0.2) is 18.4 Å². The molecule has 96 valence electrons. The average Bonchev–Trinajstić information content (AvgIpc) is 2.82. The highest BCUT2D eigenvalue weighted by molar-refractivity contribution is 7.17. The van der Waals surface area contributed by atoms with Crippen LogP contribution < -0.4 is 5.32 Å². The number of benzene rings is 1. The summed E-state index contributed by atoms with van der Waals surface area (Å²) in [5.41, 5.74) is 0.882. The van der Waals surface area contributed by atoms with Crippen LogP contribution >= 0.6 is 11.3 Å². The van der Waals surface area contributed by atoms with Crippen LogP contribution in [0.4, 0.5) is 0 Å². The van der Waals surface area contributed by atoms with E-state index in [-0.39, 0.29) is 5.78 Å². The monoisotopic (exact) mass is 261 g/mol. The van der Waals surface area contributed by atoms with Crippen molar-refractivity contribution in [3.63, 3.8) is 0 Å². The van der Waals surface area contributed by atoms with Crippen LogP contribution in [0.15, 0.2) is 29.6 Å². The predicted molar refractivity (Wildman–Crippen MR) is 78.5 cm³/mol. The maximum absolute atomic E-state index is 12.2.